The maximum Gasteiger partial charge on any atom is 0.147 e. The molecule has 2 aromatic rings. The zero-order valence-electron chi connectivity index (χ0n) is 11.5. The lowest BCUT2D eigenvalue weighted by molar-refractivity contribution is 0.773. The van der Waals surface area contributed by atoms with E-state index in [2.05, 4.69) is 51.5 Å². The van der Waals surface area contributed by atoms with Gasteiger partial charge in [-0.2, -0.15) is 0 Å². The molecule has 0 saturated heterocycles. The molecule has 2 rings (SSSR count). The van der Waals surface area contributed by atoms with Crippen molar-refractivity contribution in [2.75, 3.05) is 25.5 Å². The van der Waals surface area contributed by atoms with Gasteiger partial charge in [-0.3, -0.25) is 4.98 Å². The number of nitrogens with zero attached hydrogens (tertiary/aromatic N) is 3. The smallest absolute Gasteiger partial charge is 0.147 e. The third-order valence-electron chi connectivity index (χ3n) is 3.00. The van der Waals surface area contributed by atoms with E-state index >= 15 is 0 Å². The fourth-order valence-electron chi connectivity index (χ4n) is 1.90. The summed E-state index contributed by atoms with van der Waals surface area (Å²) < 4.78 is 0. The van der Waals surface area contributed by atoms with Crippen molar-refractivity contribution < 1.29 is 0 Å². The van der Waals surface area contributed by atoms with Gasteiger partial charge in [0.2, 0.25) is 0 Å². The number of likely N-dealkylation sites (N-methyl/N-ethyl adjacent to an activating group) is 1. The van der Waals surface area contributed by atoms with Crippen molar-refractivity contribution in [3.05, 3.63) is 54.0 Å². The summed E-state index contributed by atoms with van der Waals surface area (Å²) in [5.74, 6) is 0.920. The Morgan fingerprint density at radius 1 is 1.16 bits per heavy atom. The molecule has 1 heterocycles. The molecule has 0 spiro atoms. The molecular formula is C15H20N4. The van der Waals surface area contributed by atoms with Crippen LogP contribution in [0.15, 0.2) is 42.7 Å². The molecule has 4 heteroatoms. The molecule has 0 radical (unpaired) electrons. The summed E-state index contributed by atoms with van der Waals surface area (Å²) in [7, 11) is 3.96. The van der Waals surface area contributed by atoms with Gasteiger partial charge in [-0.1, -0.05) is 30.3 Å². The molecule has 0 atom stereocenters. The molecule has 0 bridgehead atoms. The second-order valence-corrected chi connectivity index (χ2v) is 4.56. The van der Waals surface area contributed by atoms with Crippen LogP contribution in [-0.4, -0.2) is 30.6 Å². The molecule has 4 nitrogen and oxygen atoms in total. The summed E-state index contributed by atoms with van der Waals surface area (Å²) in [6.07, 6.45) is 4.62. The molecule has 0 aliphatic carbocycles. The standard InChI is InChI=1S/C15H20N4/c1-16-10-14-11-17-12-15(18-14)19(2)9-8-13-6-4-3-5-7-13/h3-7,11-12,16H,8-10H2,1-2H3. The van der Waals surface area contributed by atoms with Crippen LogP contribution in [-0.2, 0) is 13.0 Å². The van der Waals surface area contributed by atoms with E-state index in [0.29, 0.717) is 0 Å². The number of hydrogen-bond donors (Lipinski definition) is 1. The molecular weight excluding hydrogens is 236 g/mol. The van der Waals surface area contributed by atoms with Crippen LogP contribution in [0.5, 0.6) is 0 Å². The number of benzene rings is 1. The Morgan fingerprint density at radius 2 is 1.95 bits per heavy atom. The maximum atomic E-state index is 4.58. The van der Waals surface area contributed by atoms with E-state index in [0.717, 1.165) is 31.0 Å². The van der Waals surface area contributed by atoms with Crippen LogP contribution in [0, 0.1) is 0 Å². The molecule has 0 amide bonds. The lowest BCUT2D eigenvalue weighted by atomic mass is 10.1. The van der Waals surface area contributed by atoms with E-state index in [1.54, 1.807) is 6.20 Å². The zero-order valence-corrected chi connectivity index (χ0v) is 11.5. The predicted molar refractivity (Wildman–Crippen MR) is 78.2 cm³/mol. The highest BCUT2D eigenvalue weighted by Crippen LogP contribution is 2.09. The Balaban J connectivity index is 1.95. The van der Waals surface area contributed by atoms with Gasteiger partial charge in [0, 0.05) is 26.3 Å². The molecule has 0 unspecified atom stereocenters. The first-order chi connectivity index (χ1) is 9.29. The minimum absolute atomic E-state index is 0.743. The second-order valence-electron chi connectivity index (χ2n) is 4.56. The first-order valence-electron chi connectivity index (χ1n) is 6.50. The highest BCUT2D eigenvalue weighted by Gasteiger charge is 2.04. The van der Waals surface area contributed by atoms with E-state index < -0.39 is 0 Å². The van der Waals surface area contributed by atoms with Crippen LogP contribution in [0.3, 0.4) is 0 Å². The van der Waals surface area contributed by atoms with Crippen LogP contribution >= 0.6 is 0 Å². The van der Waals surface area contributed by atoms with E-state index in [-0.39, 0.29) is 0 Å². The third-order valence-corrected chi connectivity index (χ3v) is 3.00. The molecule has 0 aliphatic rings. The topological polar surface area (TPSA) is 41.1 Å². The van der Waals surface area contributed by atoms with Crippen LogP contribution < -0.4 is 10.2 Å². The number of rotatable bonds is 6. The molecule has 0 fully saturated rings. The van der Waals surface area contributed by atoms with E-state index in [1.807, 2.05) is 19.3 Å². The lowest BCUT2D eigenvalue weighted by Gasteiger charge is -2.18. The first kappa shape index (κ1) is 13.5. The largest absolute Gasteiger partial charge is 0.358 e. The van der Waals surface area contributed by atoms with Crippen LogP contribution in [0.25, 0.3) is 0 Å². The van der Waals surface area contributed by atoms with E-state index in [4.69, 9.17) is 0 Å². The Kier molecular flexibility index (Phi) is 4.86. The molecule has 19 heavy (non-hydrogen) atoms. The summed E-state index contributed by atoms with van der Waals surface area (Å²) in [6.45, 7) is 1.68. The van der Waals surface area contributed by atoms with Crippen molar-refractivity contribution in [2.45, 2.75) is 13.0 Å². The molecule has 0 saturated carbocycles. The second kappa shape index (κ2) is 6.85. The first-order valence-corrected chi connectivity index (χ1v) is 6.50. The Labute approximate surface area is 114 Å². The van der Waals surface area contributed by atoms with Gasteiger partial charge >= 0.3 is 0 Å². The third kappa shape index (κ3) is 4.03. The fraction of sp³-hybridized carbons (Fsp3) is 0.333. The molecule has 0 aliphatic heterocycles. The average Bonchev–Trinajstić information content (AvgIpc) is 2.46. The highest BCUT2D eigenvalue weighted by atomic mass is 15.2. The van der Waals surface area contributed by atoms with E-state index in [9.17, 15) is 0 Å². The quantitative estimate of drug-likeness (QED) is 0.856. The number of anilines is 1. The Hall–Kier alpha value is -1.94. The number of hydrogen-bond acceptors (Lipinski definition) is 4. The van der Waals surface area contributed by atoms with Crippen molar-refractivity contribution in [2.24, 2.45) is 0 Å². The molecule has 1 aromatic carbocycles. The number of aromatic nitrogens is 2. The summed E-state index contributed by atoms with van der Waals surface area (Å²) >= 11 is 0. The minimum Gasteiger partial charge on any atom is -0.358 e. The summed E-state index contributed by atoms with van der Waals surface area (Å²) in [4.78, 5) is 10.9. The monoisotopic (exact) mass is 256 g/mol. The normalized spacial score (nSPS) is 10.4. The Bertz CT molecular complexity index is 499. The van der Waals surface area contributed by atoms with Crippen molar-refractivity contribution in [1.29, 1.82) is 0 Å². The average molecular weight is 256 g/mol. The number of nitrogens with one attached hydrogen (secondary N) is 1. The SMILES string of the molecule is CNCc1cncc(N(C)CCc2ccccc2)n1. The van der Waals surface area contributed by atoms with Crippen LogP contribution in [0.2, 0.25) is 0 Å². The minimum atomic E-state index is 0.743. The van der Waals surface area contributed by atoms with Crippen molar-refractivity contribution >= 4 is 5.82 Å². The fourth-order valence-corrected chi connectivity index (χ4v) is 1.90. The van der Waals surface area contributed by atoms with Gasteiger partial charge in [0.15, 0.2) is 0 Å². The summed E-state index contributed by atoms with van der Waals surface area (Å²) in [5.41, 5.74) is 2.31. The lowest BCUT2D eigenvalue weighted by Crippen LogP contribution is -2.22. The molecule has 1 aromatic heterocycles. The van der Waals surface area contributed by atoms with Gasteiger partial charge in [0.1, 0.15) is 5.82 Å². The zero-order chi connectivity index (χ0) is 13.5. The van der Waals surface area contributed by atoms with Crippen LogP contribution in [0.1, 0.15) is 11.3 Å². The van der Waals surface area contributed by atoms with Crippen molar-refractivity contribution in [1.82, 2.24) is 15.3 Å². The van der Waals surface area contributed by atoms with Gasteiger partial charge in [0.05, 0.1) is 11.9 Å². The summed E-state index contributed by atoms with van der Waals surface area (Å²) in [6, 6.07) is 10.5. The summed E-state index contributed by atoms with van der Waals surface area (Å²) in [5, 5.41) is 3.09. The van der Waals surface area contributed by atoms with Gasteiger partial charge in [-0.15, -0.1) is 0 Å². The highest BCUT2D eigenvalue weighted by molar-refractivity contribution is 5.35. The van der Waals surface area contributed by atoms with Crippen molar-refractivity contribution in [3.8, 4) is 0 Å². The molecule has 100 valence electrons. The van der Waals surface area contributed by atoms with Gasteiger partial charge in [-0.05, 0) is 19.0 Å². The predicted octanol–water partition coefficient (Wildman–Crippen LogP) is 1.87. The van der Waals surface area contributed by atoms with Gasteiger partial charge in [0.25, 0.3) is 0 Å². The van der Waals surface area contributed by atoms with Crippen molar-refractivity contribution in [3.63, 3.8) is 0 Å². The molecule has 1 N–H and O–H groups in total. The Morgan fingerprint density at radius 3 is 2.68 bits per heavy atom. The van der Waals surface area contributed by atoms with Crippen LogP contribution in [0.4, 0.5) is 5.82 Å². The maximum absolute atomic E-state index is 4.58. The van der Waals surface area contributed by atoms with Gasteiger partial charge < -0.3 is 10.2 Å². The van der Waals surface area contributed by atoms with Gasteiger partial charge in [-0.25, -0.2) is 4.98 Å². The van der Waals surface area contributed by atoms with E-state index in [1.165, 1.54) is 5.56 Å².